The number of amides is 2. The van der Waals surface area contributed by atoms with E-state index < -0.39 is 0 Å². The van der Waals surface area contributed by atoms with Crippen LogP contribution in [-0.4, -0.2) is 11.8 Å². The smallest absolute Gasteiger partial charge is 0.258 e. The molecule has 0 saturated heterocycles. The summed E-state index contributed by atoms with van der Waals surface area (Å²) in [4.78, 5) is 22.4. The number of rotatable bonds is 0. The number of hydrogen-bond acceptors (Lipinski definition) is 2. The Morgan fingerprint density at radius 2 is 2.08 bits per heavy atom. The number of carbonyl (C=O) groups excluding carboxylic acids is 2. The number of fused-ring (bicyclic) bond motifs is 1. The normalized spacial score (nSPS) is 15.2. The monoisotopic (exact) mass is 193 g/mol. The van der Waals surface area contributed by atoms with Crippen LogP contribution >= 0.6 is 9.24 Å². The highest BCUT2D eigenvalue weighted by Gasteiger charge is 2.23. The number of carbonyl (C=O) groups is 2. The van der Waals surface area contributed by atoms with Crippen LogP contribution in [0, 0.1) is 0 Å². The Morgan fingerprint density at radius 1 is 1.31 bits per heavy atom. The molecule has 0 saturated carbocycles. The van der Waals surface area contributed by atoms with Gasteiger partial charge in [-0.1, -0.05) is 18.2 Å². The van der Waals surface area contributed by atoms with E-state index in [-0.39, 0.29) is 11.8 Å². The minimum absolute atomic E-state index is 0.229. The predicted octanol–water partition coefficient (Wildman–Crippen LogP) is -0.000500. The topological polar surface area (TPSA) is 46.2 Å². The molecule has 66 valence electrons. The molecule has 13 heavy (non-hydrogen) atoms. The van der Waals surface area contributed by atoms with E-state index in [1.165, 1.54) is 0 Å². The van der Waals surface area contributed by atoms with Gasteiger partial charge in [0.2, 0.25) is 5.91 Å². The van der Waals surface area contributed by atoms with Crippen molar-refractivity contribution in [1.29, 1.82) is 0 Å². The lowest BCUT2D eigenvalue weighted by Crippen LogP contribution is -2.39. The number of nitrogens with one attached hydrogen (secondary N) is 1. The van der Waals surface area contributed by atoms with E-state index in [0.29, 0.717) is 12.0 Å². The lowest BCUT2D eigenvalue weighted by Gasteiger charge is -2.16. The van der Waals surface area contributed by atoms with E-state index >= 15 is 0 Å². The SMILES string of the molecule is O=C1Cc2cccc(P)c2C(=O)N1. The fourth-order valence-corrected chi connectivity index (χ4v) is 1.88. The first-order valence-electron chi connectivity index (χ1n) is 3.90. The maximum Gasteiger partial charge on any atom is 0.258 e. The summed E-state index contributed by atoms with van der Waals surface area (Å²) in [5.74, 6) is -0.523. The van der Waals surface area contributed by atoms with Gasteiger partial charge in [0.25, 0.3) is 5.91 Å². The summed E-state index contributed by atoms with van der Waals surface area (Å²) in [7, 11) is 2.49. The summed E-state index contributed by atoms with van der Waals surface area (Å²) in [6.07, 6.45) is 0.295. The lowest BCUT2D eigenvalue weighted by atomic mass is 10.0. The van der Waals surface area contributed by atoms with Crippen molar-refractivity contribution in [3.05, 3.63) is 29.3 Å². The maximum atomic E-state index is 11.4. The maximum absolute atomic E-state index is 11.4. The van der Waals surface area contributed by atoms with Crippen LogP contribution in [0.15, 0.2) is 18.2 Å². The van der Waals surface area contributed by atoms with E-state index in [9.17, 15) is 9.59 Å². The first kappa shape index (κ1) is 8.39. The molecule has 2 rings (SSSR count). The van der Waals surface area contributed by atoms with E-state index in [4.69, 9.17) is 0 Å². The number of benzene rings is 1. The first-order valence-corrected chi connectivity index (χ1v) is 4.48. The molecule has 3 nitrogen and oxygen atoms in total. The Hall–Kier alpha value is -1.21. The van der Waals surface area contributed by atoms with Gasteiger partial charge in [0.05, 0.1) is 12.0 Å². The van der Waals surface area contributed by atoms with Crippen LogP contribution in [0.3, 0.4) is 0 Å². The molecule has 1 aromatic rings. The predicted molar refractivity (Wildman–Crippen MR) is 52.0 cm³/mol. The molecule has 1 heterocycles. The van der Waals surface area contributed by atoms with E-state index in [2.05, 4.69) is 14.6 Å². The highest BCUT2D eigenvalue weighted by atomic mass is 31.0. The molecule has 2 amide bonds. The van der Waals surface area contributed by atoms with Crippen molar-refractivity contribution in [3.8, 4) is 0 Å². The second-order valence-electron chi connectivity index (χ2n) is 2.94. The summed E-state index contributed by atoms with van der Waals surface area (Å²) in [6.45, 7) is 0. The van der Waals surface area contributed by atoms with Crippen LogP contribution in [0.2, 0.25) is 0 Å². The quantitative estimate of drug-likeness (QED) is 0.465. The zero-order valence-corrected chi connectivity index (χ0v) is 7.99. The van der Waals surface area contributed by atoms with Gasteiger partial charge >= 0.3 is 0 Å². The first-order chi connectivity index (χ1) is 6.18. The third kappa shape index (κ3) is 1.36. The average Bonchev–Trinajstić information content (AvgIpc) is 2.02. The zero-order chi connectivity index (χ0) is 9.42. The highest BCUT2D eigenvalue weighted by Crippen LogP contribution is 2.13. The van der Waals surface area contributed by atoms with Crippen LogP contribution in [0.25, 0.3) is 0 Å². The molecule has 0 bridgehead atoms. The minimum atomic E-state index is -0.295. The van der Waals surface area contributed by atoms with Gasteiger partial charge in [0.1, 0.15) is 0 Å². The van der Waals surface area contributed by atoms with Gasteiger partial charge in [-0.05, 0) is 10.9 Å². The summed E-state index contributed by atoms with van der Waals surface area (Å²) >= 11 is 0. The van der Waals surface area contributed by atoms with E-state index in [0.717, 1.165) is 10.9 Å². The van der Waals surface area contributed by atoms with Gasteiger partial charge < -0.3 is 0 Å². The molecule has 1 aromatic carbocycles. The molecule has 0 radical (unpaired) electrons. The van der Waals surface area contributed by atoms with E-state index in [1.807, 2.05) is 12.1 Å². The fraction of sp³-hybridized carbons (Fsp3) is 0.111. The summed E-state index contributed by atoms with van der Waals surface area (Å²) < 4.78 is 0. The standard InChI is InChI=1S/C9H8NO2P/c11-7-4-5-2-1-3-6(13)8(5)9(12)10-7/h1-3H,4,13H2,(H,10,11,12). The second kappa shape index (κ2) is 2.93. The molecule has 1 unspecified atom stereocenters. The van der Waals surface area contributed by atoms with Crippen molar-refractivity contribution in [2.24, 2.45) is 0 Å². The Balaban J connectivity index is 2.61. The van der Waals surface area contributed by atoms with Crippen molar-refractivity contribution in [2.45, 2.75) is 6.42 Å². The number of imide groups is 1. The molecular weight excluding hydrogens is 185 g/mol. The third-order valence-corrected chi connectivity index (χ3v) is 2.50. The van der Waals surface area contributed by atoms with Gasteiger partial charge in [0.15, 0.2) is 0 Å². The Kier molecular flexibility index (Phi) is 1.89. The van der Waals surface area contributed by atoms with Gasteiger partial charge in [-0.3, -0.25) is 14.9 Å². The molecular formula is C9H8NO2P. The minimum Gasteiger partial charge on any atom is -0.292 e. The van der Waals surface area contributed by atoms with Crippen molar-refractivity contribution in [2.75, 3.05) is 0 Å². The third-order valence-electron chi connectivity index (χ3n) is 2.01. The van der Waals surface area contributed by atoms with E-state index in [1.54, 1.807) is 6.07 Å². The fourth-order valence-electron chi connectivity index (χ4n) is 1.45. The summed E-state index contributed by atoms with van der Waals surface area (Å²) in [6, 6.07) is 5.48. The molecule has 4 heteroatoms. The zero-order valence-electron chi connectivity index (χ0n) is 6.83. The molecule has 0 aromatic heterocycles. The van der Waals surface area contributed by atoms with Crippen LogP contribution in [0.1, 0.15) is 15.9 Å². The molecule has 0 spiro atoms. The average molecular weight is 193 g/mol. The molecule has 1 aliphatic rings. The van der Waals surface area contributed by atoms with Crippen LogP contribution in [0.5, 0.6) is 0 Å². The molecule has 1 N–H and O–H groups in total. The summed E-state index contributed by atoms with van der Waals surface area (Å²) in [5.41, 5.74) is 1.42. The number of hydrogen-bond donors (Lipinski definition) is 1. The van der Waals surface area contributed by atoms with Crippen LogP contribution in [-0.2, 0) is 11.2 Å². The summed E-state index contributed by atoms with van der Waals surface area (Å²) in [5, 5.41) is 3.12. The van der Waals surface area contributed by atoms with Crippen LogP contribution < -0.4 is 10.6 Å². The van der Waals surface area contributed by atoms with Crippen molar-refractivity contribution >= 4 is 26.4 Å². The molecule has 1 atom stereocenters. The van der Waals surface area contributed by atoms with Gasteiger partial charge in [-0.25, -0.2) is 0 Å². The van der Waals surface area contributed by atoms with Gasteiger partial charge in [-0.15, -0.1) is 9.24 Å². The van der Waals surface area contributed by atoms with Crippen molar-refractivity contribution in [1.82, 2.24) is 5.32 Å². The molecule has 1 aliphatic heterocycles. The Labute approximate surface area is 77.7 Å². The molecule has 0 fully saturated rings. The van der Waals surface area contributed by atoms with Crippen LogP contribution in [0.4, 0.5) is 0 Å². The second-order valence-corrected chi connectivity index (χ2v) is 3.56. The lowest BCUT2D eigenvalue weighted by molar-refractivity contribution is -0.119. The van der Waals surface area contributed by atoms with Gasteiger partial charge in [-0.2, -0.15) is 0 Å². The highest BCUT2D eigenvalue weighted by molar-refractivity contribution is 7.27. The Bertz CT molecular complexity index is 401. The largest absolute Gasteiger partial charge is 0.292 e. The molecule has 0 aliphatic carbocycles. The Morgan fingerprint density at radius 3 is 2.85 bits per heavy atom. The van der Waals surface area contributed by atoms with Gasteiger partial charge in [0, 0.05) is 0 Å². The van der Waals surface area contributed by atoms with Crippen molar-refractivity contribution in [3.63, 3.8) is 0 Å². The van der Waals surface area contributed by atoms with Crippen molar-refractivity contribution < 1.29 is 9.59 Å².